The van der Waals surface area contributed by atoms with Crippen LogP contribution in [0, 0.1) is 0 Å². The molecule has 0 radical (unpaired) electrons. The molecule has 0 rings (SSSR count). The van der Waals surface area contributed by atoms with E-state index in [-0.39, 0.29) is 0 Å². The summed E-state index contributed by atoms with van der Waals surface area (Å²) >= 11 is 0. The zero-order chi connectivity index (χ0) is 17.2. The number of quaternary nitrogens is 1. The molecule has 140 valence electrons. The first-order valence-electron chi connectivity index (χ1n) is 11.1. The smallest absolute Gasteiger partial charge is 0.0786 e. The molecule has 0 amide bonds. The molecule has 23 heavy (non-hydrogen) atoms. The van der Waals surface area contributed by atoms with E-state index in [1.807, 2.05) is 0 Å². The van der Waals surface area contributed by atoms with Gasteiger partial charge in [-0.2, -0.15) is 0 Å². The minimum absolute atomic E-state index is 1.36. The SMILES string of the molecule is CCCCCC[N+](CCCC)(CCCCCC)CCCCCC. The Bertz CT molecular complexity index is 193. The van der Waals surface area contributed by atoms with Crippen LogP contribution in [0.3, 0.4) is 0 Å². The van der Waals surface area contributed by atoms with Crippen LogP contribution in [-0.4, -0.2) is 30.7 Å². The fraction of sp³-hybridized carbons (Fsp3) is 1.00. The molecular weight excluding hydrogens is 278 g/mol. The molecule has 0 saturated carbocycles. The highest BCUT2D eigenvalue weighted by atomic mass is 15.3. The summed E-state index contributed by atoms with van der Waals surface area (Å²) in [5, 5.41) is 0. The van der Waals surface area contributed by atoms with Gasteiger partial charge in [0.2, 0.25) is 0 Å². The zero-order valence-corrected chi connectivity index (χ0v) is 17.2. The van der Waals surface area contributed by atoms with Crippen molar-refractivity contribution in [3.8, 4) is 0 Å². The summed E-state index contributed by atoms with van der Waals surface area (Å²) in [6, 6.07) is 0. The fourth-order valence-corrected chi connectivity index (χ4v) is 3.79. The monoisotopic (exact) mass is 326 g/mol. The number of rotatable bonds is 18. The van der Waals surface area contributed by atoms with Gasteiger partial charge in [-0.05, 0) is 44.9 Å². The molecule has 0 spiro atoms. The number of unbranched alkanes of at least 4 members (excludes halogenated alkanes) is 10. The summed E-state index contributed by atoms with van der Waals surface area (Å²) in [4.78, 5) is 0. The van der Waals surface area contributed by atoms with Crippen LogP contribution in [0.2, 0.25) is 0 Å². The van der Waals surface area contributed by atoms with E-state index in [0.717, 1.165) is 0 Å². The molecule has 0 atom stereocenters. The second-order valence-corrected chi connectivity index (χ2v) is 7.77. The van der Waals surface area contributed by atoms with Crippen molar-refractivity contribution >= 4 is 0 Å². The molecule has 0 saturated heterocycles. The predicted molar refractivity (Wildman–Crippen MR) is 107 cm³/mol. The van der Waals surface area contributed by atoms with Crippen LogP contribution < -0.4 is 0 Å². The second-order valence-electron chi connectivity index (χ2n) is 7.77. The van der Waals surface area contributed by atoms with Gasteiger partial charge in [0, 0.05) is 0 Å². The van der Waals surface area contributed by atoms with Crippen molar-refractivity contribution in [3.05, 3.63) is 0 Å². The van der Waals surface area contributed by atoms with E-state index in [0.29, 0.717) is 0 Å². The van der Waals surface area contributed by atoms with Crippen molar-refractivity contribution in [2.75, 3.05) is 26.2 Å². The highest BCUT2D eigenvalue weighted by Gasteiger charge is 2.25. The van der Waals surface area contributed by atoms with Gasteiger partial charge >= 0.3 is 0 Å². The largest absolute Gasteiger partial charge is 0.324 e. The van der Waals surface area contributed by atoms with Gasteiger partial charge < -0.3 is 4.48 Å². The Hall–Kier alpha value is -0.0400. The van der Waals surface area contributed by atoms with Crippen LogP contribution >= 0.6 is 0 Å². The van der Waals surface area contributed by atoms with Gasteiger partial charge in [-0.3, -0.25) is 0 Å². The summed E-state index contributed by atoms with van der Waals surface area (Å²) in [5.41, 5.74) is 0. The average Bonchev–Trinajstić information content (AvgIpc) is 2.57. The minimum atomic E-state index is 1.36. The molecule has 0 aliphatic heterocycles. The summed E-state index contributed by atoms with van der Waals surface area (Å²) in [7, 11) is 0. The topological polar surface area (TPSA) is 0 Å². The standard InChI is InChI=1S/C22H48N/c1-5-9-13-16-20-23(19-12-8-4,21-17-14-10-6-2)22-18-15-11-7-3/h5-22H2,1-4H3/q+1. The van der Waals surface area contributed by atoms with Gasteiger partial charge in [-0.15, -0.1) is 0 Å². The summed E-state index contributed by atoms with van der Waals surface area (Å²) in [5.74, 6) is 0. The average molecular weight is 327 g/mol. The number of hydrogen-bond donors (Lipinski definition) is 0. The Morgan fingerprint density at radius 2 is 0.652 bits per heavy atom. The summed E-state index contributed by atoms with van der Waals surface area (Å²) in [6.45, 7) is 15.2. The van der Waals surface area contributed by atoms with E-state index in [1.165, 1.54) is 121 Å². The Balaban J connectivity index is 4.51. The molecule has 0 fully saturated rings. The molecular formula is C22H48N+. The first-order valence-corrected chi connectivity index (χ1v) is 11.1. The highest BCUT2D eigenvalue weighted by Crippen LogP contribution is 2.18. The van der Waals surface area contributed by atoms with E-state index >= 15 is 0 Å². The summed E-state index contributed by atoms with van der Waals surface area (Å²) < 4.78 is 1.45. The molecule has 1 heteroatoms. The lowest BCUT2D eigenvalue weighted by Crippen LogP contribution is -2.50. The molecule has 0 N–H and O–H groups in total. The van der Waals surface area contributed by atoms with E-state index < -0.39 is 0 Å². The van der Waals surface area contributed by atoms with Crippen molar-refractivity contribution < 1.29 is 4.48 Å². The number of hydrogen-bond acceptors (Lipinski definition) is 0. The van der Waals surface area contributed by atoms with Crippen molar-refractivity contribution in [1.29, 1.82) is 0 Å². The zero-order valence-electron chi connectivity index (χ0n) is 17.2. The van der Waals surface area contributed by atoms with E-state index in [2.05, 4.69) is 27.7 Å². The molecule has 0 aromatic carbocycles. The molecule has 0 heterocycles. The third-order valence-electron chi connectivity index (χ3n) is 5.44. The molecule has 0 bridgehead atoms. The maximum atomic E-state index is 2.36. The summed E-state index contributed by atoms with van der Waals surface area (Å²) in [6.07, 6.45) is 19.9. The van der Waals surface area contributed by atoms with E-state index in [4.69, 9.17) is 0 Å². The highest BCUT2D eigenvalue weighted by molar-refractivity contribution is 4.52. The van der Waals surface area contributed by atoms with Crippen molar-refractivity contribution in [3.63, 3.8) is 0 Å². The van der Waals surface area contributed by atoms with E-state index in [1.54, 1.807) is 0 Å². The first-order chi connectivity index (χ1) is 11.2. The van der Waals surface area contributed by atoms with Crippen LogP contribution in [0.1, 0.15) is 118 Å². The van der Waals surface area contributed by atoms with Gasteiger partial charge in [0.05, 0.1) is 26.2 Å². The second kappa shape index (κ2) is 16.8. The quantitative estimate of drug-likeness (QED) is 0.182. The first kappa shape index (κ1) is 23.0. The van der Waals surface area contributed by atoms with Crippen LogP contribution in [0.5, 0.6) is 0 Å². The number of nitrogens with zero attached hydrogens (tertiary/aromatic N) is 1. The van der Waals surface area contributed by atoms with E-state index in [9.17, 15) is 0 Å². The maximum Gasteiger partial charge on any atom is 0.0786 e. The van der Waals surface area contributed by atoms with Crippen molar-refractivity contribution in [1.82, 2.24) is 0 Å². The normalized spacial score (nSPS) is 12.0. The van der Waals surface area contributed by atoms with Crippen LogP contribution in [0.4, 0.5) is 0 Å². The van der Waals surface area contributed by atoms with Crippen LogP contribution in [-0.2, 0) is 0 Å². The maximum absolute atomic E-state index is 2.36. The van der Waals surface area contributed by atoms with Gasteiger partial charge in [0.25, 0.3) is 0 Å². The van der Waals surface area contributed by atoms with Gasteiger partial charge in [0.15, 0.2) is 0 Å². The Kier molecular flexibility index (Phi) is 16.8. The van der Waals surface area contributed by atoms with Gasteiger partial charge in [-0.25, -0.2) is 0 Å². The molecule has 0 aromatic rings. The Morgan fingerprint density at radius 3 is 0.957 bits per heavy atom. The Morgan fingerprint density at radius 1 is 0.348 bits per heavy atom. The van der Waals surface area contributed by atoms with Crippen molar-refractivity contribution in [2.45, 2.75) is 118 Å². The lowest BCUT2D eigenvalue weighted by atomic mass is 10.1. The fourth-order valence-electron chi connectivity index (χ4n) is 3.79. The molecule has 0 aromatic heterocycles. The lowest BCUT2D eigenvalue weighted by Gasteiger charge is -2.39. The Labute approximate surface area is 148 Å². The van der Waals surface area contributed by atoms with Crippen molar-refractivity contribution in [2.24, 2.45) is 0 Å². The minimum Gasteiger partial charge on any atom is -0.324 e. The molecule has 1 nitrogen and oxygen atoms in total. The molecule has 0 aliphatic rings. The lowest BCUT2D eigenvalue weighted by molar-refractivity contribution is -0.929. The molecule has 0 unspecified atom stereocenters. The van der Waals surface area contributed by atoms with Gasteiger partial charge in [-0.1, -0.05) is 72.6 Å². The van der Waals surface area contributed by atoms with Crippen LogP contribution in [0.25, 0.3) is 0 Å². The third-order valence-corrected chi connectivity index (χ3v) is 5.44. The van der Waals surface area contributed by atoms with Gasteiger partial charge in [0.1, 0.15) is 0 Å². The predicted octanol–water partition coefficient (Wildman–Crippen LogP) is 7.34. The van der Waals surface area contributed by atoms with Crippen LogP contribution in [0.15, 0.2) is 0 Å². The molecule has 0 aliphatic carbocycles. The third kappa shape index (κ3) is 13.0.